The molecule has 0 fully saturated rings. The van der Waals surface area contributed by atoms with E-state index < -0.39 is 40.2 Å². The van der Waals surface area contributed by atoms with Crippen molar-refractivity contribution in [1.82, 2.24) is 0 Å². The molecule has 0 aliphatic heterocycles. The molecule has 0 atom stereocenters. The van der Waals surface area contributed by atoms with Crippen molar-refractivity contribution in [3.8, 4) is 34.4 Å². The maximum absolute atomic E-state index is 16.1. The zero-order valence-corrected chi connectivity index (χ0v) is 21.1. The Morgan fingerprint density at radius 2 is 1.05 bits per heavy atom. The molecule has 2 aliphatic rings. The molecule has 40 heavy (non-hydrogen) atoms. The van der Waals surface area contributed by atoms with Crippen LogP contribution < -0.4 is 0 Å². The van der Waals surface area contributed by atoms with E-state index >= 15 is 17.6 Å². The number of ketones is 1. The Morgan fingerprint density at radius 3 is 1.57 bits per heavy atom. The van der Waals surface area contributed by atoms with Crippen LogP contribution >= 0.6 is 0 Å². The second-order valence-corrected chi connectivity index (χ2v) is 9.08. The Bertz CT molecular complexity index is 2100. The van der Waals surface area contributed by atoms with Crippen molar-refractivity contribution in [1.29, 1.82) is 10.5 Å². The standard InChI is InChI=1S/C31H10F4N2O.C2H6/c32-20-9-18-22(13(11-36)12-37)26-25(23(18)16-7-3-1-5-14(16)20)28-27(30(35)29(26)34)24-17-8-4-2-6-15(17)21(33)10-19(24)31(28)38;1-2/h1-10H;1-2H3. The number of nitriles is 2. The summed E-state index contributed by atoms with van der Waals surface area (Å²) in [5.74, 6) is -4.87. The summed E-state index contributed by atoms with van der Waals surface area (Å²) in [7, 11) is 0. The van der Waals surface area contributed by atoms with Gasteiger partial charge in [0.2, 0.25) is 0 Å². The molecule has 0 radical (unpaired) electrons. The largest absolute Gasteiger partial charge is 0.289 e. The molecule has 0 N–H and O–H groups in total. The monoisotopic (exact) mass is 532 g/mol. The predicted octanol–water partition coefficient (Wildman–Crippen LogP) is 8.62. The molecular weight excluding hydrogens is 516 g/mol. The topological polar surface area (TPSA) is 64.7 Å². The lowest BCUT2D eigenvalue weighted by atomic mass is 9.90. The van der Waals surface area contributed by atoms with Crippen LogP contribution in [-0.2, 0) is 0 Å². The molecule has 0 saturated heterocycles. The molecular formula is C33H16F4N2O. The molecule has 0 bridgehead atoms. The minimum absolute atomic E-state index is 0.000736. The number of benzene rings is 5. The molecule has 0 spiro atoms. The number of nitrogens with zero attached hydrogens (tertiary/aromatic N) is 2. The van der Waals surface area contributed by atoms with Crippen molar-refractivity contribution in [3.63, 3.8) is 0 Å². The second kappa shape index (κ2) is 8.90. The van der Waals surface area contributed by atoms with E-state index in [0.717, 1.165) is 12.1 Å². The van der Waals surface area contributed by atoms with Crippen LogP contribution in [0.5, 0.6) is 0 Å². The fourth-order valence-electron chi connectivity index (χ4n) is 5.88. The summed E-state index contributed by atoms with van der Waals surface area (Å²) >= 11 is 0. The van der Waals surface area contributed by atoms with Gasteiger partial charge in [-0.05, 0) is 34.0 Å². The van der Waals surface area contributed by atoms with Crippen LogP contribution in [0.25, 0.3) is 49.4 Å². The van der Waals surface area contributed by atoms with Crippen LogP contribution in [0.1, 0.15) is 40.9 Å². The Morgan fingerprint density at radius 1 is 0.600 bits per heavy atom. The molecule has 3 nitrogen and oxygen atoms in total. The third-order valence-corrected chi connectivity index (χ3v) is 7.33. The van der Waals surface area contributed by atoms with E-state index in [1.807, 2.05) is 13.8 Å². The van der Waals surface area contributed by atoms with E-state index in [1.54, 1.807) is 42.5 Å². The number of hydrogen-bond donors (Lipinski definition) is 0. The van der Waals surface area contributed by atoms with Crippen molar-refractivity contribution < 1.29 is 22.4 Å². The van der Waals surface area contributed by atoms with E-state index in [9.17, 15) is 15.3 Å². The number of halogens is 4. The van der Waals surface area contributed by atoms with Gasteiger partial charge in [0.1, 0.15) is 29.3 Å². The number of allylic oxidation sites excluding steroid dienone is 1. The van der Waals surface area contributed by atoms with Crippen LogP contribution in [0.2, 0.25) is 0 Å². The average Bonchev–Trinajstić information content (AvgIpc) is 3.46. The molecule has 0 unspecified atom stereocenters. The van der Waals surface area contributed by atoms with Crippen molar-refractivity contribution in [2.75, 3.05) is 0 Å². The zero-order valence-electron chi connectivity index (χ0n) is 21.1. The lowest BCUT2D eigenvalue weighted by molar-refractivity contribution is 0.104. The van der Waals surface area contributed by atoms with Gasteiger partial charge in [-0.25, -0.2) is 17.6 Å². The molecule has 7 heteroatoms. The summed E-state index contributed by atoms with van der Waals surface area (Å²) in [5.41, 5.74) is -1.76. The van der Waals surface area contributed by atoms with Gasteiger partial charge in [-0.15, -0.1) is 0 Å². The van der Waals surface area contributed by atoms with Crippen LogP contribution in [-0.4, -0.2) is 5.78 Å². The Labute approximate surface area is 225 Å². The van der Waals surface area contributed by atoms with Crippen LogP contribution in [0, 0.1) is 45.9 Å². The van der Waals surface area contributed by atoms with Gasteiger partial charge in [0.05, 0.1) is 0 Å². The highest BCUT2D eigenvalue weighted by Crippen LogP contribution is 2.57. The highest BCUT2D eigenvalue weighted by Gasteiger charge is 2.43. The van der Waals surface area contributed by atoms with Crippen LogP contribution in [0.3, 0.4) is 0 Å². The van der Waals surface area contributed by atoms with Gasteiger partial charge in [0.25, 0.3) is 0 Å². The first-order valence-corrected chi connectivity index (χ1v) is 12.5. The van der Waals surface area contributed by atoms with E-state index in [-0.39, 0.29) is 60.7 Å². The van der Waals surface area contributed by atoms with Crippen LogP contribution in [0.4, 0.5) is 17.6 Å². The summed E-state index contributed by atoms with van der Waals surface area (Å²) < 4.78 is 62.3. The molecule has 0 saturated carbocycles. The number of carbonyl (C=O) groups excluding carboxylic acids is 1. The third kappa shape index (κ3) is 3.00. The Balaban J connectivity index is 0.00000142. The lowest BCUT2D eigenvalue weighted by Crippen LogP contribution is -2.04. The molecule has 5 aromatic rings. The third-order valence-electron chi connectivity index (χ3n) is 7.33. The lowest BCUT2D eigenvalue weighted by Gasteiger charge is -2.13. The SMILES string of the molecule is CC.N#CC(C#N)=C1c2cc(F)c3ccccc3c2-c2c1c(F)c(F)c1c2C(=O)c2cc(F)c3ccccc3c2-1. The van der Waals surface area contributed by atoms with Crippen LogP contribution in [0.15, 0.2) is 66.2 Å². The molecule has 192 valence electrons. The quantitative estimate of drug-likeness (QED) is 0.145. The first-order chi connectivity index (χ1) is 19.4. The summed E-state index contributed by atoms with van der Waals surface area (Å²) in [6, 6.07) is 17.9. The first kappa shape index (κ1) is 25.0. The van der Waals surface area contributed by atoms with E-state index in [0.29, 0.717) is 5.39 Å². The number of rotatable bonds is 0. The van der Waals surface area contributed by atoms with Gasteiger partial charge in [0, 0.05) is 49.7 Å². The minimum Gasteiger partial charge on any atom is -0.289 e. The minimum atomic E-state index is -1.38. The molecule has 0 aromatic heterocycles. The van der Waals surface area contributed by atoms with Crippen molar-refractivity contribution in [2.45, 2.75) is 13.8 Å². The molecule has 7 rings (SSSR count). The van der Waals surface area contributed by atoms with Crippen molar-refractivity contribution in [3.05, 3.63) is 112 Å². The molecule has 0 amide bonds. The fraction of sp³-hybridized carbons (Fsp3) is 0.0606. The van der Waals surface area contributed by atoms with Gasteiger partial charge >= 0.3 is 0 Å². The van der Waals surface area contributed by atoms with Gasteiger partial charge in [0.15, 0.2) is 17.4 Å². The second-order valence-electron chi connectivity index (χ2n) is 9.08. The van der Waals surface area contributed by atoms with Crippen molar-refractivity contribution in [2.24, 2.45) is 0 Å². The fourth-order valence-corrected chi connectivity index (χ4v) is 5.88. The summed E-state index contributed by atoms with van der Waals surface area (Å²) in [6.45, 7) is 4.00. The smallest absolute Gasteiger partial charge is 0.195 e. The average molecular weight is 532 g/mol. The number of carbonyl (C=O) groups is 1. The Hall–Kier alpha value is -5.27. The maximum Gasteiger partial charge on any atom is 0.195 e. The molecule has 0 heterocycles. The molecule has 2 aliphatic carbocycles. The number of hydrogen-bond acceptors (Lipinski definition) is 3. The summed E-state index contributed by atoms with van der Waals surface area (Å²) in [6.07, 6.45) is 0. The first-order valence-electron chi connectivity index (χ1n) is 12.5. The summed E-state index contributed by atoms with van der Waals surface area (Å²) in [5, 5.41) is 20.2. The zero-order chi connectivity index (χ0) is 28.5. The van der Waals surface area contributed by atoms with E-state index in [2.05, 4.69) is 0 Å². The Kier molecular flexibility index (Phi) is 5.57. The maximum atomic E-state index is 16.1. The normalized spacial score (nSPS) is 12.2. The van der Waals surface area contributed by atoms with E-state index in [1.165, 1.54) is 18.2 Å². The van der Waals surface area contributed by atoms with Gasteiger partial charge in [-0.3, -0.25) is 4.79 Å². The predicted molar refractivity (Wildman–Crippen MR) is 144 cm³/mol. The van der Waals surface area contributed by atoms with Gasteiger partial charge in [-0.2, -0.15) is 10.5 Å². The molecule has 5 aromatic carbocycles. The van der Waals surface area contributed by atoms with Gasteiger partial charge < -0.3 is 0 Å². The highest BCUT2D eigenvalue weighted by molar-refractivity contribution is 6.31. The summed E-state index contributed by atoms with van der Waals surface area (Å²) in [4.78, 5) is 13.9. The highest BCUT2D eigenvalue weighted by atomic mass is 19.2. The van der Waals surface area contributed by atoms with Crippen molar-refractivity contribution >= 4 is 32.9 Å². The van der Waals surface area contributed by atoms with Gasteiger partial charge in [-0.1, -0.05) is 62.4 Å². The number of fused-ring (bicyclic) bond motifs is 11. The van der Waals surface area contributed by atoms with E-state index in [4.69, 9.17) is 0 Å².